The number of hydrogen-bond donors (Lipinski definition) is 2. The van der Waals surface area contributed by atoms with Gasteiger partial charge in [-0.2, -0.15) is 5.10 Å². The molecule has 0 radical (unpaired) electrons. The van der Waals surface area contributed by atoms with E-state index in [2.05, 4.69) is 10.4 Å². The highest BCUT2D eigenvalue weighted by Crippen LogP contribution is 2.39. The fourth-order valence-electron chi connectivity index (χ4n) is 3.06. The van der Waals surface area contributed by atoms with E-state index in [4.69, 9.17) is 11.6 Å². The van der Waals surface area contributed by atoms with Crippen LogP contribution in [0.25, 0.3) is 5.69 Å². The maximum absolute atomic E-state index is 12.2. The zero-order valence-corrected chi connectivity index (χ0v) is 13.4. The number of hydrogen-bond acceptors (Lipinski definition) is 3. The highest BCUT2D eigenvalue weighted by atomic mass is 35.5. The first-order valence-electron chi connectivity index (χ1n) is 7.55. The van der Waals surface area contributed by atoms with Crippen molar-refractivity contribution in [3.05, 3.63) is 70.9 Å². The third-order valence-corrected chi connectivity index (χ3v) is 4.49. The predicted molar refractivity (Wildman–Crippen MR) is 91.8 cm³/mol. The second-order valence-corrected chi connectivity index (χ2v) is 6.12. The number of anilines is 1. The number of para-hydroxylation sites is 1. The van der Waals surface area contributed by atoms with Crippen LogP contribution in [0.5, 0.6) is 5.75 Å². The van der Waals surface area contributed by atoms with Gasteiger partial charge >= 0.3 is 0 Å². The molecule has 0 saturated carbocycles. The van der Waals surface area contributed by atoms with Crippen LogP contribution in [0.1, 0.15) is 23.5 Å². The number of fused-ring (bicyclic) bond motifs is 1. The Morgan fingerprint density at radius 1 is 1.21 bits per heavy atom. The molecule has 4 rings (SSSR count). The lowest BCUT2D eigenvalue weighted by atomic mass is 9.87. The Morgan fingerprint density at radius 3 is 2.83 bits per heavy atom. The zero-order chi connectivity index (χ0) is 16.7. The van der Waals surface area contributed by atoms with E-state index in [1.165, 1.54) is 0 Å². The maximum atomic E-state index is 12.2. The van der Waals surface area contributed by atoms with Crippen molar-refractivity contribution < 1.29 is 9.90 Å². The summed E-state index contributed by atoms with van der Waals surface area (Å²) in [5.74, 6) is 0.549. The summed E-state index contributed by atoms with van der Waals surface area (Å²) in [6.45, 7) is 0. The molecule has 24 heavy (non-hydrogen) atoms. The largest absolute Gasteiger partial charge is 0.508 e. The fraction of sp³-hybridized carbons (Fsp3) is 0.111. The summed E-state index contributed by atoms with van der Waals surface area (Å²) in [6, 6.07) is 14.3. The summed E-state index contributed by atoms with van der Waals surface area (Å²) in [4.78, 5) is 12.2. The molecule has 0 spiro atoms. The van der Waals surface area contributed by atoms with Crippen molar-refractivity contribution in [3.8, 4) is 11.4 Å². The minimum absolute atomic E-state index is 0.0929. The van der Waals surface area contributed by atoms with Crippen molar-refractivity contribution in [2.45, 2.75) is 12.3 Å². The lowest BCUT2D eigenvalue weighted by molar-refractivity contribution is -0.116. The molecular formula is C18H14ClN3O2. The van der Waals surface area contributed by atoms with Crippen molar-refractivity contribution in [1.82, 2.24) is 9.78 Å². The van der Waals surface area contributed by atoms with Gasteiger partial charge in [0.1, 0.15) is 11.6 Å². The van der Waals surface area contributed by atoms with Gasteiger partial charge < -0.3 is 10.4 Å². The number of aromatic nitrogens is 2. The first kappa shape index (κ1) is 14.8. The number of rotatable bonds is 2. The van der Waals surface area contributed by atoms with Crippen LogP contribution in [0.4, 0.5) is 5.82 Å². The molecule has 0 bridgehead atoms. The number of benzene rings is 2. The Balaban J connectivity index is 1.85. The van der Waals surface area contributed by atoms with Crippen molar-refractivity contribution in [1.29, 1.82) is 0 Å². The molecule has 1 amide bonds. The summed E-state index contributed by atoms with van der Waals surface area (Å²) in [7, 11) is 0. The molecule has 2 heterocycles. The highest BCUT2D eigenvalue weighted by Gasteiger charge is 2.30. The van der Waals surface area contributed by atoms with Crippen LogP contribution in [0.3, 0.4) is 0 Å². The summed E-state index contributed by atoms with van der Waals surface area (Å²) >= 11 is 6.26. The van der Waals surface area contributed by atoms with Gasteiger partial charge in [0, 0.05) is 17.9 Å². The molecule has 3 aromatic rings. The topological polar surface area (TPSA) is 67.1 Å². The third kappa shape index (κ3) is 2.43. The molecule has 2 aromatic carbocycles. The Kier molecular flexibility index (Phi) is 3.50. The third-order valence-electron chi connectivity index (χ3n) is 4.17. The Labute approximate surface area is 143 Å². The van der Waals surface area contributed by atoms with E-state index >= 15 is 0 Å². The molecule has 0 fully saturated rings. The van der Waals surface area contributed by atoms with Crippen LogP contribution in [0.15, 0.2) is 54.7 Å². The van der Waals surface area contributed by atoms with Crippen molar-refractivity contribution in [2.75, 3.05) is 5.32 Å². The monoisotopic (exact) mass is 339 g/mol. The molecule has 2 N–H and O–H groups in total. The number of amides is 1. The van der Waals surface area contributed by atoms with Crippen LogP contribution < -0.4 is 5.32 Å². The normalized spacial score (nSPS) is 16.5. The van der Waals surface area contributed by atoms with Gasteiger partial charge in [0.05, 0.1) is 16.9 Å². The van der Waals surface area contributed by atoms with Crippen LogP contribution in [-0.4, -0.2) is 20.8 Å². The number of nitrogens with zero attached hydrogens (tertiary/aromatic N) is 2. The standard InChI is InChI=1S/C18H14ClN3O2/c19-15-6-1-2-7-16(15)22-18-14(10-20-22)13(9-17(24)21-18)11-4-3-5-12(23)8-11/h1-8,10,13,23H,9H2,(H,21,24). The van der Waals surface area contributed by atoms with E-state index in [9.17, 15) is 9.90 Å². The van der Waals surface area contributed by atoms with E-state index in [0.717, 1.165) is 11.1 Å². The molecule has 0 saturated heterocycles. The second-order valence-electron chi connectivity index (χ2n) is 5.71. The van der Waals surface area contributed by atoms with Crippen molar-refractivity contribution in [2.24, 2.45) is 0 Å². The molecule has 1 unspecified atom stereocenters. The minimum Gasteiger partial charge on any atom is -0.508 e. The molecular weight excluding hydrogens is 326 g/mol. The van der Waals surface area contributed by atoms with E-state index in [1.807, 2.05) is 24.3 Å². The van der Waals surface area contributed by atoms with Gasteiger partial charge in [-0.15, -0.1) is 0 Å². The predicted octanol–water partition coefficient (Wildman–Crippen LogP) is 3.71. The van der Waals surface area contributed by atoms with E-state index in [-0.39, 0.29) is 17.6 Å². The highest BCUT2D eigenvalue weighted by molar-refractivity contribution is 6.32. The number of halogens is 1. The number of phenolic OH excluding ortho intramolecular Hbond substituents is 1. The summed E-state index contributed by atoms with van der Waals surface area (Å²) in [5.41, 5.74) is 2.49. The van der Waals surface area contributed by atoms with Crippen LogP contribution in [0.2, 0.25) is 5.02 Å². The van der Waals surface area contributed by atoms with Crippen LogP contribution in [-0.2, 0) is 4.79 Å². The fourth-order valence-corrected chi connectivity index (χ4v) is 3.28. The first-order valence-corrected chi connectivity index (χ1v) is 7.93. The van der Waals surface area contributed by atoms with E-state index in [0.29, 0.717) is 22.9 Å². The SMILES string of the molecule is O=C1CC(c2cccc(O)c2)c2cnn(-c3ccccc3Cl)c2N1. The zero-order valence-electron chi connectivity index (χ0n) is 12.6. The molecule has 0 aliphatic carbocycles. The summed E-state index contributed by atoms with van der Waals surface area (Å²) in [5, 5.41) is 17.6. The van der Waals surface area contributed by atoms with Gasteiger partial charge in [0.25, 0.3) is 0 Å². The van der Waals surface area contributed by atoms with Gasteiger partial charge in [0.15, 0.2) is 0 Å². The van der Waals surface area contributed by atoms with Gasteiger partial charge in [-0.1, -0.05) is 35.9 Å². The quantitative estimate of drug-likeness (QED) is 0.748. The summed E-state index contributed by atoms with van der Waals surface area (Å²) in [6.07, 6.45) is 2.05. The van der Waals surface area contributed by atoms with Crippen molar-refractivity contribution >= 4 is 23.3 Å². The number of aromatic hydroxyl groups is 1. The smallest absolute Gasteiger partial charge is 0.226 e. The molecule has 1 atom stereocenters. The molecule has 1 aliphatic heterocycles. The van der Waals surface area contributed by atoms with E-state index in [1.54, 1.807) is 35.1 Å². The molecule has 1 aliphatic rings. The number of phenols is 1. The second kappa shape index (κ2) is 5.69. The van der Waals surface area contributed by atoms with Gasteiger partial charge in [-0.3, -0.25) is 4.79 Å². The molecule has 120 valence electrons. The van der Waals surface area contributed by atoms with Gasteiger partial charge in [-0.25, -0.2) is 4.68 Å². The van der Waals surface area contributed by atoms with Gasteiger partial charge in [0.2, 0.25) is 5.91 Å². The summed E-state index contributed by atoms with van der Waals surface area (Å²) < 4.78 is 1.64. The Morgan fingerprint density at radius 2 is 2.04 bits per heavy atom. The first-order chi connectivity index (χ1) is 11.6. The number of nitrogens with one attached hydrogen (secondary N) is 1. The van der Waals surface area contributed by atoms with Crippen molar-refractivity contribution in [3.63, 3.8) is 0 Å². The average molecular weight is 340 g/mol. The van der Waals surface area contributed by atoms with Crippen LogP contribution in [0, 0.1) is 0 Å². The average Bonchev–Trinajstić information content (AvgIpc) is 2.98. The lowest BCUT2D eigenvalue weighted by Crippen LogP contribution is -2.24. The Bertz CT molecular complexity index is 936. The maximum Gasteiger partial charge on any atom is 0.226 e. The lowest BCUT2D eigenvalue weighted by Gasteiger charge is -2.24. The molecule has 5 nitrogen and oxygen atoms in total. The van der Waals surface area contributed by atoms with Gasteiger partial charge in [-0.05, 0) is 29.8 Å². The Hall–Kier alpha value is -2.79. The molecule has 1 aromatic heterocycles. The number of carbonyl (C=O) groups is 1. The molecule has 6 heteroatoms. The van der Waals surface area contributed by atoms with E-state index < -0.39 is 0 Å². The number of carbonyl (C=O) groups excluding carboxylic acids is 1. The minimum atomic E-state index is -0.155. The van der Waals surface area contributed by atoms with Crippen LogP contribution >= 0.6 is 11.6 Å².